The smallest absolute Gasteiger partial charge is 0.270 e. The Labute approximate surface area is 133 Å². The van der Waals surface area contributed by atoms with E-state index in [1.54, 1.807) is 0 Å². The van der Waals surface area contributed by atoms with Crippen molar-refractivity contribution in [2.45, 2.75) is 4.90 Å². The fourth-order valence-electron chi connectivity index (χ4n) is 2.34. The van der Waals surface area contributed by atoms with Gasteiger partial charge < -0.3 is 5.73 Å². The van der Waals surface area contributed by atoms with Gasteiger partial charge in [-0.1, -0.05) is 0 Å². The number of thiol groups is 1. The molecule has 0 spiro atoms. The highest BCUT2D eigenvalue weighted by molar-refractivity contribution is 7.80. The first-order chi connectivity index (χ1) is 10.8. The first kappa shape index (κ1) is 14.8. The van der Waals surface area contributed by atoms with E-state index in [1.165, 1.54) is 12.1 Å². The highest BCUT2D eigenvalue weighted by atomic mass is 32.1. The minimum absolute atomic E-state index is 0.101. The maximum absolute atomic E-state index is 12.2. The summed E-state index contributed by atoms with van der Waals surface area (Å²) in [5.74, 6) is -1.64. The third-order valence-corrected chi connectivity index (χ3v) is 3.72. The van der Waals surface area contributed by atoms with Crippen molar-refractivity contribution < 1.29 is 14.5 Å². The minimum Gasteiger partial charge on any atom is -0.384 e. The number of hydrogen-bond acceptors (Lipinski definition) is 7. The highest BCUT2D eigenvalue weighted by Gasteiger charge is 2.32. The van der Waals surface area contributed by atoms with Crippen molar-refractivity contribution in [1.29, 1.82) is 0 Å². The van der Waals surface area contributed by atoms with Crippen LogP contribution >= 0.6 is 12.6 Å². The quantitative estimate of drug-likeness (QED) is 0.317. The number of nitro groups is 1. The van der Waals surface area contributed by atoms with Crippen molar-refractivity contribution in [2.75, 3.05) is 5.73 Å². The number of amides is 2. The third-order valence-electron chi connectivity index (χ3n) is 3.36. The lowest BCUT2D eigenvalue weighted by Crippen LogP contribution is -2.24. The Morgan fingerprint density at radius 2 is 1.87 bits per heavy atom. The normalized spacial score (nSPS) is 12.9. The predicted molar refractivity (Wildman–Crippen MR) is 82.2 cm³/mol. The maximum atomic E-state index is 12.2. The highest BCUT2D eigenvalue weighted by Crippen LogP contribution is 2.28. The molecule has 1 aromatic carbocycles. The van der Waals surface area contributed by atoms with Gasteiger partial charge in [-0.15, -0.1) is 12.6 Å². The summed E-state index contributed by atoms with van der Waals surface area (Å²) in [6, 6.07) is 4.61. The number of carbonyl (C=O) groups is 2. The third kappa shape index (κ3) is 2.16. The summed E-state index contributed by atoms with van der Waals surface area (Å²) in [7, 11) is 0. The summed E-state index contributed by atoms with van der Waals surface area (Å²) in [4.78, 5) is 45.9. The SMILES string of the molecule is Nc1c2c(cc(=O)n1-c1ccc([N+](=O)[O-])cc1S)C(=O)NC2=O. The minimum atomic E-state index is -0.709. The number of nitrogens with two attached hydrogens (primary N) is 1. The number of hydrogen-bond donors (Lipinski definition) is 3. The molecule has 10 heteroatoms. The van der Waals surface area contributed by atoms with E-state index < -0.39 is 22.3 Å². The van der Waals surface area contributed by atoms with E-state index in [-0.39, 0.29) is 33.2 Å². The number of nitrogen functional groups attached to an aromatic ring is 1. The molecule has 0 aliphatic carbocycles. The Morgan fingerprint density at radius 3 is 2.48 bits per heavy atom. The molecular formula is C13H8N4O5S. The van der Waals surface area contributed by atoms with Crippen LogP contribution in [0, 0.1) is 10.1 Å². The van der Waals surface area contributed by atoms with E-state index in [0.717, 1.165) is 16.7 Å². The first-order valence-electron chi connectivity index (χ1n) is 6.20. The molecule has 3 rings (SSSR count). The second kappa shape index (κ2) is 4.95. The van der Waals surface area contributed by atoms with Gasteiger partial charge in [-0.2, -0.15) is 0 Å². The molecule has 0 fully saturated rings. The van der Waals surface area contributed by atoms with Crippen LogP contribution < -0.4 is 16.6 Å². The van der Waals surface area contributed by atoms with Crippen LogP contribution in [0.25, 0.3) is 5.69 Å². The van der Waals surface area contributed by atoms with E-state index in [2.05, 4.69) is 12.6 Å². The van der Waals surface area contributed by atoms with Crippen LogP contribution in [0.15, 0.2) is 34.0 Å². The molecule has 0 saturated carbocycles. The molecule has 0 radical (unpaired) electrons. The van der Waals surface area contributed by atoms with Gasteiger partial charge in [0.1, 0.15) is 5.82 Å². The van der Waals surface area contributed by atoms with E-state index in [1.807, 2.05) is 5.32 Å². The van der Waals surface area contributed by atoms with Crippen LogP contribution in [-0.4, -0.2) is 21.3 Å². The lowest BCUT2D eigenvalue weighted by atomic mass is 10.1. The summed E-state index contributed by atoms with van der Waals surface area (Å²) in [5.41, 5.74) is 4.96. The van der Waals surface area contributed by atoms with Crippen molar-refractivity contribution in [3.05, 3.63) is 55.9 Å². The van der Waals surface area contributed by atoms with E-state index in [4.69, 9.17) is 5.73 Å². The fourth-order valence-corrected chi connectivity index (χ4v) is 2.65. The number of non-ortho nitro benzene ring substituents is 1. The van der Waals surface area contributed by atoms with Gasteiger partial charge in [-0.25, -0.2) is 0 Å². The molecule has 23 heavy (non-hydrogen) atoms. The Hall–Kier alpha value is -3.14. The fraction of sp³-hybridized carbons (Fsp3) is 0. The summed E-state index contributed by atoms with van der Waals surface area (Å²) in [6.45, 7) is 0. The van der Waals surface area contributed by atoms with Crippen molar-refractivity contribution in [1.82, 2.24) is 9.88 Å². The molecule has 0 atom stereocenters. The number of rotatable bonds is 2. The van der Waals surface area contributed by atoms with Gasteiger partial charge in [-0.05, 0) is 6.07 Å². The summed E-state index contributed by atoms with van der Waals surface area (Å²) in [6.07, 6.45) is 0. The molecule has 3 N–H and O–H groups in total. The number of nitrogens with one attached hydrogen (secondary N) is 1. The molecule has 1 aromatic heterocycles. The summed E-state index contributed by atoms with van der Waals surface area (Å²) < 4.78 is 0.975. The predicted octanol–water partition coefficient (Wildman–Crippen LogP) is 0.500. The van der Waals surface area contributed by atoms with Gasteiger partial charge in [0, 0.05) is 23.1 Å². The number of fused-ring (bicyclic) bond motifs is 1. The molecule has 1 aliphatic rings. The van der Waals surface area contributed by atoms with Crippen LogP contribution in [0.1, 0.15) is 20.7 Å². The lowest BCUT2D eigenvalue weighted by molar-refractivity contribution is -0.385. The van der Waals surface area contributed by atoms with Crippen LogP contribution in [-0.2, 0) is 0 Å². The average molecular weight is 332 g/mol. The second-order valence-corrected chi connectivity index (χ2v) is 5.19. The number of imide groups is 1. The van der Waals surface area contributed by atoms with E-state index in [9.17, 15) is 24.5 Å². The zero-order valence-electron chi connectivity index (χ0n) is 11.3. The largest absolute Gasteiger partial charge is 0.384 e. The van der Waals surface area contributed by atoms with Gasteiger partial charge in [0.2, 0.25) is 0 Å². The van der Waals surface area contributed by atoms with Gasteiger partial charge >= 0.3 is 0 Å². The molecule has 1 aliphatic heterocycles. The number of nitrogens with zero attached hydrogens (tertiary/aromatic N) is 2. The topological polar surface area (TPSA) is 137 Å². The maximum Gasteiger partial charge on any atom is 0.270 e. The van der Waals surface area contributed by atoms with Gasteiger partial charge in [0.25, 0.3) is 23.1 Å². The number of benzene rings is 1. The first-order valence-corrected chi connectivity index (χ1v) is 6.65. The average Bonchev–Trinajstić information content (AvgIpc) is 2.75. The number of anilines is 1. The van der Waals surface area contributed by atoms with Crippen LogP contribution in [0.4, 0.5) is 11.5 Å². The molecule has 2 heterocycles. The lowest BCUT2D eigenvalue weighted by Gasteiger charge is -2.13. The van der Waals surface area contributed by atoms with Gasteiger partial charge in [0.15, 0.2) is 0 Å². The van der Waals surface area contributed by atoms with Crippen LogP contribution in [0.3, 0.4) is 0 Å². The van der Waals surface area contributed by atoms with Crippen molar-refractivity contribution >= 4 is 35.9 Å². The molecule has 2 aromatic rings. The summed E-state index contributed by atoms with van der Waals surface area (Å²) >= 11 is 4.13. The van der Waals surface area contributed by atoms with Crippen molar-refractivity contribution in [3.63, 3.8) is 0 Å². The van der Waals surface area contributed by atoms with E-state index in [0.29, 0.717) is 0 Å². The molecule has 116 valence electrons. The monoisotopic (exact) mass is 332 g/mol. The number of pyridine rings is 1. The van der Waals surface area contributed by atoms with Crippen molar-refractivity contribution in [3.8, 4) is 5.69 Å². The summed E-state index contributed by atoms with van der Waals surface area (Å²) in [5, 5.41) is 12.8. The van der Waals surface area contributed by atoms with Crippen LogP contribution in [0.2, 0.25) is 0 Å². The van der Waals surface area contributed by atoms with E-state index >= 15 is 0 Å². The molecule has 9 nitrogen and oxygen atoms in total. The second-order valence-electron chi connectivity index (χ2n) is 4.71. The van der Waals surface area contributed by atoms with Crippen molar-refractivity contribution in [2.24, 2.45) is 0 Å². The Balaban J connectivity index is 2.29. The van der Waals surface area contributed by atoms with Gasteiger partial charge in [0.05, 0.1) is 21.7 Å². The Morgan fingerprint density at radius 1 is 1.17 bits per heavy atom. The number of aromatic nitrogens is 1. The Bertz CT molecular complexity index is 966. The molecule has 0 saturated heterocycles. The number of carbonyl (C=O) groups excluding carboxylic acids is 2. The molecule has 2 amide bonds. The van der Waals surface area contributed by atoms with Gasteiger partial charge in [-0.3, -0.25) is 34.4 Å². The Kier molecular flexibility index (Phi) is 3.18. The standard InChI is InChI=1S/C13H8N4O5S/c14-11-10-6(12(19)15-13(10)20)4-9(18)16(11)7-2-1-5(17(21)22)3-8(7)23/h1-4,23H,14H2,(H,15,19,20). The molecule has 0 unspecified atom stereocenters. The van der Waals surface area contributed by atoms with Crippen LogP contribution in [0.5, 0.6) is 0 Å². The molecular weight excluding hydrogens is 324 g/mol. The zero-order chi connectivity index (χ0) is 16.9. The molecule has 0 bridgehead atoms. The zero-order valence-corrected chi connectivity index (χ0v) is 12.2. The number of nitro benzene ring substituents is 1.